The largest absolute Gasteiger partial charge is 0.494 e. The number of hydrogen-bond acceptors (Lipinski definition) is 1. The highest BCUT2D eigenvalue weighted by atomic mass is 16.5. The fourth-order valence-corrected chi connectivity index (χ4v) is 0.511. The topological polar surface area (TPSA) is 9.23 Å². The van der Waals surface area contributed by atoms with Crippen molar-refractivity contribution < 1.29 is 4.74 Å². The van der Waals surface area contributed by atoms with Gasteiger partial charge in [0.25, 0.3) is 0 Å². The highest BCUT2D eigenvalue weighted by molar-refractivity contribution is 5.14. The quantitative estimate of drug-likeness (QED) is 0.449. The molecule has 0 spiro atoms. The Hall–Kier alpha value is -0.980. The third-order valence-corrected chi connectivity index (χ3v) is 0.956. The average Bonchev–Trinajstić information content (AvgIpc) is 2.15. The zero-order valence-corrected chi connectivity index (χ0v) is 8.47. The second-order valence-electron chi connectivity index (χ2n) is 1.86. The molecule has 0 heterocycles. The Morgan fingerprint density at radius 2 is 1.92 bits per heavy atom. The molecule has 0 aromatic rings. The molecule has 0 N–H and O–H groups in total. The van der Waals surface area contributed by atoms with E-state index in [-0.39, 0.29) is 0 Å². The maximum Gasteiger partial charge on any atom is 0.118 e. The molecule has 0 radical (unpaired) electrons. The van der Waals surface area contributed by atoms with Crippen LogP contribution in [0.2, 0.25) is 0 Å². The van der Waals surface area contributed by atoms with Crippen LogP contribution in [-0.4, -0.2) is 6.61 Å². The van der Waals surface area contributed by atoms with Crippen molar-refractivity contribution in [1.29, 1.82) is 0 Å². The van der Waals surface area contributed by atoms with E-state index in [9.17, 15) is 0 Å². The van der Waals surface area contributed by atoms with Crippen LogP contribution in [0.5, 0.6) is 0 Å². The van der Waals surface area contributed by atoms with Gasteiger partial charge in [-0.2, -0.15) is 0 Å². The molecular formula is C11H20O. The summed E-state index contributed by atoms with van der Waals surface area (Å²) in [7, 11) is 0. The summed E-state index contributed by atoms with van der Waals surface area (Å²) in [4.78, 5) is 0. The van der Waals surface area contributed by atoms with Crippen LogP contribution in [0.1, 0.15) is 27.2 Å². The van der Waals surface area contributed by atoms with E-state index in [1.165, 1.54) is 0 Å². The van der Waals surface area contributed by atoms with Crippen LogP contribution in [0.25, 0.3) is 0 Å². The van der Waals surface area contributed by atoms with Gasteiger partial charge >= 0.3 is 0 Å². The first-order valence-corrected chi connectivity index (χ1v) is 4.43. The van der Waals surface area contributed by atoms with Gasteiger partial charge in [0, 0.05) is 0 Å². The molecule has 0 fully saturated rings. The summed E-state index contributed by atoms with van der Waals surface area (Å²) in [6.45, 7) is 13.9. The minimum atomic E-state index is 0.742. The monoisotopic (exact) mass is 168 g/mol. The molecule has 0 aromatic carbocycles. The molecular weight excluding hydrogens is 148 g/mol. The smallest absolute Gasteiger partial charge is 0.118 e. The summed E-state index contributed by atoms with van der Waals surface area (Å²) in [5, 5.41) is 0. The van der Waals surface area contributed by atoms with E-state index in [0.29, 0.717) is 0 Å². The lowest BCUT2D eigenvalue weighted by Gasteiger charge is -2.02. The molecule has 70 valence electrons. The molecule has 0 aliphatic heterocycles. The number of ether oxygens (including phenoxy) is 1. The van der Waals surface area contributed by atoms with Crippen molar-refractivity contribution in [3.05, 3.63) is 37.1 Å². The van der Waals surface area contributed by atoms with Crippen molar-refractivity contribution in [2.75, 3.05) is 6.61 Å². The molecule has 0 saturated carbocycles. The lowest BCUT2D eigenvalue weighted by Crippen LogP contribution is -1.89. The van der Waals surface area contributed by atoms with Crippen molar-refractivity contribution in [3.8, 4) is 0 Å². The molecule has 0 unspecified atom stereocenters. The normalized spacial score (nSPS) is 9.42. The van der Waals surface area contributed by atoms with Gasteiger partial charge in [0.05, 0.1) is 6.61 Å². The highest BCUT2D eigenvalue weighted by Gasteiger charge is 1.86. The molecule has 0 amide bonds. The maximum absolute atomic E-state index is 5.25. The van der Waals surface area contributed by atoms with Gasteiger partial charge < -0.3 is 4.74 Å². The van der Waals surface area contributed by atoms with E-state index in [4.69, 9.17) is 4.74 Å². The molecule has 12 heavy (non-hydrogen) atoms. The van der Waals surface area contributed by atoms with Crippen molar-refractivity contribution in [2.24, 2.45) is 0 Å². The molecule has 0 aromatic heterocycles. The van der Waals surface area contributed by atoms with E-state index in [2.05, 4.69) is 20.1 Å². The summed E-state index contributed by atoms with van der Waals surface area (Å²) >= 11 is 0. The van der Waals surface area contributed by atoms with Gasteiger partial charge in [0.15, 0.2) is 0 Å². The Bertz CT molecular complexity index is 134. The molecule has 0 saturated heterocycles. The molecule has 1 nitrogen and oxygen atoms in total. The van der Waals surface area contributed by atoms with Crippen LogP contribution in [0.3, 0.4) is 0 Å². The molecule has 0 bridgehead atoms. The minimum Gasteiger partial charge on any atom is -0.494 e. The lowest BCUT2D eigenvalue weighted by atomic mass is 10.4. The number of rotatable bonds is 5. The van der Waals surface area contributed by atoms with Crippen LogP contribution < -0.4 is 0 Å². The Morgan fingerprint density at radius 1 is 1.33 bits per heavy atom. The van der Waals surface area contributed by atoms with Crippen LogP contribution >= 0.6 is 0 Å². The standard InChI is InChI=1S/C9H14O.C2H6/c1-4-7-9(6-3)10-8-5-2;1-2/h4,6-7H,1,3,5,8H2,2H3;1-2H3/b9-7+;. The van der Waals surface area contributed by atoms with E-state index in [1.807, 2.05) is 13.8 Å². The fourth-order valence-electron chi connectivity index (χ4n) is 0.511. The zero-order chi connectivity index (χ0) is 9.82. The summed E-state index contributed by atoms with van der Waals surface area (Å²) in [5.74, 6) is 0.789. The summed E-state index contributed by atoms with van der Waals surface area (Å²) in [5.41, 5.74) is 0. The van der Waals surface area contributed by atoms with Gasteiger partial charge in [-0.15, -0.1) is 0 Å². The second kappa shape index (κ2) is 12.7. The fraction of sp³-hybridized carbons (Fsp3) is 0.455. The third-order valence-electron chi connectivity index (χ3n) is 0.956. The highest BCUT2D eigenvalue weighted by Crippen LogP contribution is 1.98. The van der Waals surface area contributed by atoms with Crippen molar-refractivity contribution in [1.82, 2.24) is 0 Å². The van der Waals surface area contributed by atoms with Crippen LogP contribution in [0.4, 0.5) is 0 Å². The zero-order valence-electron chi connectivity index (χ0n) is 8.47. The van der Waals surface area contributed by atoms with Crippen LogP contribution in [-0.2, 0) is 4.74 Å². The second-order valence-corrected chi connectivity index (χ2v) is 1.86. The van der Waals surface area contributed by atoms with E-state index < -0.39 is 0 Å². The summed E-state index contributed by atoms with van der Waals surface area (Å²) < 4.78 is 5.25. The van der Waals surface area contributed by atoms with Gasteiger partial charge in [-0.3, -0.25) is 0 Å². The first-order chi connectivity index (χ1) is 5.85. The predicted octanol–water partition coefficient (Wildman–Crippen LogP) is 3.70. The Labute approximate surface area is 76.4 Å². The van der Waals surface area contributed by atoms with Gasteiger partial charge in [-0.05, 0) is 18.6 Å². The van der Waals surface area contributed by atoms with Gasteiger partial charge in [0.1, 0.15) is 5.76 Å². The van der Waals surface area contributed by atoms with Crippen molar-refractivity contribution in [2.45, 2.75) is 27.2 Å². The van der Waals surface area contributed by atoms with Crippen LogP contribution in [0, 0.1) is 0 Å². The number of allylic oxidation sites excluding steroid dienone is 3. The van der Waals surface area contributed by atoms with E-state index in [0.717, 1.165) is 18.8 Å². The molecule has 1 heteroatoms. The van der Waals surface area contributed by atoms with Gasteiger partial charge in [-0.1, -0.05) is 40.0 Å². The SMILES string of the molecule is C=C/C=C(\C=C)OCCC.CC. The Balaban J connectivity index is 0. The molecule has 0 aliphatic rings. The van der Waals surface area contributed by atoms with Gasteiger partial charge in [0.2, 0.25) is 0 Å². The Morgan fingerprint density at radius 3 is 2.25 bits per heavy atom. The predicted molar refractivity (Wildman–Crippen MR) is 56.1 cm³/mol. The van der Waals surface area contributed by atoms with E-state index in [1.54, 1.807) is 18.2 Å². The number of hydrogen-bond donors (Lipinski definition) is 0. The van der Waals surface area contributed by atoms with Crippen molar-refractivity contribution >= 4 is 0 Å². The minimum absolute atomic E-state index is 0.742. The summed E-state index contributed by atoms with van der Waals surface area (Å²) in [6.07, 6.45) is 6.18. The third kappa shape index (κ3) is 9.02. The average molecular weight is 168 g/mol. The van der Waals surface area contributed by atoms with E-state index >= 15 is 0 Å². The van der Waals surface area contributed by atoms with Gasteiger partial charge in [-0.25, -0.2) is 0 Å². The van der Waals surface area contributed by atoms with Crippen molar-refractivity contribution in [3.63, 3.8) is 0 Å². The Kier molecular flexibility index (Phi) is 14.4. The maximum atomic E-state index is 5.25. The van der Waals surface area contributed by atoms with Crippen LogP contribution in [0.15, 0.2) is 37.1 Å². The first kappa shape index (κ1) is 13.6. The molecule has 0 rings (SSSR count). The molecule has 0 aliphatic carbocycles. The lowest BCUT2D eigenvalue weighted by molar-refractivity contribution is 0.225. The first-order valence-electron chi connectivity index (χ1n) is 4.43. The molecule has 0 atom stereocenters. The summed E-state index contributed by atoms with van der Waals surface area (Å²) in [6, 6.07) is 0.